The van der Waals surface area contributed by atoms with Crippen molar-refractivity contribution in [1.82, 2.24) is 5.43 Å². The van der Waals surface area contributed by atoms with E-state index in [1.807, 2.05) is 6.92 Å². The van der Waals surface area contributed by atoms with Gasteiger partial charge in [-0.15, -0.1) is 0 Å². The molecule has 0 spiro atoms. The SMILES string of the molecule is COc1ccc(C(=O)N/N=C/c2cccc(OS(=O)(=O)c3ccc(C)cc3)c2)cc1OC. The Morgan fingerprint density at radius 1 is 0.938 bits per heavy atom. The van der Waals surface area contributed by atoms with Gasteiger partial charge in [0.1, 0.15) is 10.6 Å². The van der Waals surface area contributed by atoms with Gasteiger partial charge in [-0.05, 0) is 55.0 Å². The average Bonchev–Trinajstić information content (AvgIpc) is 2.78. The van der Waals surface area contributed by atoms with E-state index in [1.54, 1.807) is 36.4 Å². The molecule has 0 aliphatic carbocycles. The fourth-order valence-corrected chi connectivity index (χ4v) is 3.66. The summed E-state index contributed by atoms with van der Waals surface area (Å²) in [4.78, 5) is 12.4. The van der Waals surface area contributed by atoms with E-state index in [-0.39, 0.29) is 10.6 Å². The molecule has 1 amide bonds. The van der Waals surface area contributed by atoms with Gasteiger partial charge in [0.2, 0.25) is 0 Å². The first kappa shape index (κ1) is 22.8. The van der Waals surface area contributed by atoms with Gasteiger partial charge in [-0.1, -0.05) is 29.8 Å². The molecule has 0 fully saturated rings. The second kappa shape index (κ2) is 9.97. The maximum atomic E-state index is 12.5. The Kier molecular flexibility index (Phi) is 7.11. The molecule has 166 valence electrons. The highest BCUT2D eigenvalue weighted by atomic mass is 32.2. The summed E-state index contributed by atoms with van der Waals surface area (Å²) in [7, 11) is -0.982. The number of carbonyl (C=O) groups is 1. The quantitative estimate of drug-likeness (QED) is 0.317. The van der Waals surface area contributed by atoms with Crippen molar-refractivity contribution in [3.8, 4) is 17.2 Å². The molecule has 3 aromatic rings. The monoisotopic (exact) mass is 454 g/mol. The molecule has 8 nitrogen and oxygen atoms in total. The summed E-state index contributed by atoms with van der Waals surface area (Å²) >= 11 is 0. The number of carbonyl (C=O) groups excluding carboxylic acids is 1. The number of amides is 1. The molecule has 3 rings (SSSR count). The lowest BCUT2D eigenvalue weighted by molar-refractivity contribution is 0.0954. The number of ether oxygens (including phenoxy) is 2. The van der Waals surface area contributed by atoms with E-state index < -0.39 is 16.0 Å². The summed E-state index contributed by atoms with van der Waals surface area (Å²) in [5.74, 6) is 0.603. The van der Waals surface area contributed by atoms with Crippen molar-refractivity contribution in [2.45, 2.75) is 11.8 Å². The van der Waals surface area contributed by atoms with Crippen LogP contribution in [0.4, 0.5) is 0 Å². The zero-order valence-electron chi connectivity index (χ0n) is 17.7. The summed E-state index contributed by atoms with van der Waals surface area (Å²) < 4.78 is 40.4. The van der Waals surface area contributed by atoms with Crippen LogP contribution >= 0.6 is 0 Å². The molecule has 0 radical (unpaired) electrons. The number of hydrogen-bond donors (Lipinski definition) is 1. The van der Waals surface area contributed by atoms with E-state index >= 15 is 0 Å². The molecule has 0 aliphatic heterocycles. The van der Waals surface area contributed by atoms with Gasteiger partial charge in [-0.3, -0.25) is 4.79 Å². The Bertz CT molecular complexity index is 1240. The van der Waals surface area contributed by atoms with Crippen LogP contribution < -0.4 is 19.1 Å². The first-order valence-corrected chi connectivity index (χ1v) is 10.9. The van der Waals surface area contributed by atoms with E-state index in [0.29, 0.717) is 22.6 Å². The topological polar surface area (TPSA) is 103 Å². The molecule has 0 aromatic heterocycles. The van der Waals surface area contributed by atoms with Crippen LogP contribution in [0.1, 0.15) is 21.5 Å². The number of aryl methyl sites for hydroxylation is 1. The van der Waals surface area contributed by atoms with Crippen molar-refractivity contribution in [2.24, 2.45) is 5.10 Å². The summed E-state index contributed by atoms with van der Waals surface area (Å²) in [6.45, 7) is 1.87. The molecule has 9 heteroatoms. The lowest BCUT2D eigenvalue weighted by Gasteiger charge is -2.09. The largest absolute Gasteiger partial charge is 0.493 e. The Balaban J connectivity index is 1.68. The van der Waals surface area contributed by atoms with Crippen molar-refractivity contribution >= 4 is 22.2 Å². The molecular weight excluding hydrogens is 432 g/mol. The Morgan fingerprint density at radius 2 is 1.66 bits per heavy atom. The fourth-order valence-electron chi connectivity index (χ4n) is 2.73. The van der Waals surface area contributed by atoms with Crippen molar-refractivity contribution in [2.75, 3.05) is 14.2 Å². The van der Waals surface area contributed by atoms with Crippen LogP contribution in [0.3, 0.4) is 0 Å². The zero-order valence-corrected chi connectivity index (χ0v) is 18.5. The van der Waals surface area contributed by atoms with Crippen molar-refractivity contribution in [3.05, 3.63) is 83.4 Å². The fraction of sp³-hybridized carbons (Fsp3) is 0.130. The van der Waals surface area contributed by atoms with Crippen LogP contribution in [0.15, 0.2) is 76.7 Å². The highest BCUT2D eigenvalue weighted by Crippen LogP contribution is 2.27. The molecule has 0 aliphatic rings. The smallest absolute Gasteiger partial charge is 0.339 e. The minimum absolute atomic E-state index is 0.0596. The molecule has 0 saturated carbocycles. The lowest BCUT2D eigenvalue weighted by Crippen LogP contribution is -2.17. The number of nitrogens with one attached hydrogen (secondary N) is 1. The van der Waals surface area contributed by atoms with Crippen molar-refractivity contribution in [3.63, 3.8) is 0 Å². The molecule has 32 heavy (non-hydrogen) atoms. The van der Waals surface area contributed by atoms with Gasteiger partial charge in [0, 0.05) is 5.56 Å². The summed E-state index contributed by atoms with van der Waals surface area (Å²) in [5, 5.41) is 3.92. The molecule has 0 saturated heterocycles. The van der Waals surface area contributed by atoms with Crippen LogP contribution in [0, 0.1) is 6.92 Å². The molecule has 0 unspecified atom stereocenters. The van der Waals surface area contributed by atoms with E-state index in [9.17, 15) is 13.2 Å². The Hall–Kier alpha value is -3.85. The normalized spacial score (nSPS) is 11.2. The van der Waals surface area contributed by atoms with Crippen LogP contribution in [0.5, 0.6) is 17.2 Å². The molecule has 3 aromatic carbocycles. The standard InChI is InChI=1S/C23H22N2O6S/c1-16-7-10-20(11-8-16)32(27,28)31-19-6-4-5-17(13-19)15-24-25-23(26)18-9-12-21(29-2)22(14-18)30-3/h4-15H,1-3H3,(H,25,26)/b24-15+. The third-order valence-corrected chi connectivity index (χ3v) is 5.66. The number of benzene rings is 3. The molecule has 0 bridgehead atoms. The van der Waals surface area contributed by atoms with Gasteiger partial charge in [0.05, 0.1) is 20.4 Å². The molecule has 0 atom stereocenters. The predicted molar refractivity (Wildman–Crippen MR) is 120 cm³/mol. The highest BCUT2D eigenvalue weighted by molar-refractivity contribution is 7.87. The zero-order chi connectivity index (χ0) is 23.1. The average molecular weight is 455 g/mol. The highest BCUT2D eigenvalue weighted by Gasteiger charge is 2.16. The van der Waals surface area contributed by atoms with Gasteiger partial charge in [0.15, 0.2) is 11.5 Å². The van der Waals surface area contributed by atoms with Crippen LogP contribution in [-0.4, -0.2) is 34.8 Å². The second-order valence-corrected chi connectivity index (χ2v) is 8.24. The van der Waals surface area contributed by atoms with Crippen molar-refractivity contribution in [1.29, 1.82) is 0 Å². The summed E-state index contributed by atoms with van der Waals surface area (Å²) in [6.07, 6.45) is 1.38. The van der Waals surface area contributed by atoms with Gasteiger partial charge < -0.3 is 13.7 Å². The van der Waals surface area contributed by atoms with Gasteiger partial charge in [0.25, 0.3) is 5.91 Å². The number of hydrogen-bond acceptors (Lipinski definition) is 7. The first-order valence-electron chi connectivity index (χ1n) is 9.49. The minimum Gasteiger partial charge on any atom is -0.493 e. The number of rotatable bonds is 8. The summed E-state index contributed by atoms with van der Waals surface area (Å²) in [5.41, 5.74) is 4.22. The van der Waals surface area contributed by atoms with Gasteiger partial charge in [-0.25, -0.2) is 5.43 Å². The van der Waals surface area contributed by atoms with Gasteiger partial charge >= 0.3 is 10.1 Å². The number of hydrazone groups is 1. The molecule has 0 heterocycles. The van der Waals surface area contributed by atoms with Crippen LogP contribution in [0.2, 0.25) is 0 Å². The van der Waals surface area contributed by atoms with Crippen molar-refractivity contribution < 1.29 is 26.9 Å². The molecule has 1 N–H and O–H groups in total. The summed E-state index contributed by atoms with van der Waals surface area (Å²) in [6, 6.07) is 17.4. The number of nitrogens with zero attached hydrogens (tertiary/aromatic N) is 1. The van der Waals surface area contributed by atoms with Crippen LogP contribution in [0.25, 0.3) is 0 Å². The first-order chi connectivity index (χ1) is 15.3. The van der Waals surface area contributed by atoms with E-state index in [2.05, 4.69) is 10.5 Å². The second-order valence-electron chi connectivity index (χ2n) is 6.69. The molecular formula is C23H22N2O6S. The van der Waals surface area contributed by atoms with Gasteiger partial charge in [-0.2, -0.15) is 13.5 Å². The van der Waals surface area contributed by atoms with Crippen LogP contribution in [-0.2, 0) is 10.1 Å². The third kappa shape index (κ3) is 5.64. The van der Waals surface area contributed by atoms with E-state index in [4.69, 9.17) is 13.7 Å². The third-order valence-electron chi connectivity index (χ3n) is 4.40. The maximum absolute atomic E-state index is 12.5. The Morgan fingerprint density at radius 3 is 2.34 bits per heavy atom. The predicted octanol–water partition coefficient (Wildman–Crippen LogP) is 3.54. The minimum atomic E-state index is -3.97. The van der Waals surface area contributed by atoms with E-state index in [1.165, 1.54) is 50.8 Å². The Labute approximate surface area is 186 Å². The van der Waals surface area contributed by atoms with E-state index in [0.717, 1.165) is 5.56 Å². The maximum Gasteiger partial charge on any atom is 0.339 e. The number of methoxy groups -OCH3 is 2. The lowest BCUT2D eigenvalue weighted by atomic mass is 10.2.